The van der Waals surface area contributed by atoms with E-state index in [4.69, 9.17) is 15.0 Å². The monoisotopic (exact) mass is 805 g/mol. The van der Waals surface area contributed by atoms with E-state index < -0.39 is 0 Å². The molecule has 5 aliphatic carbocycles. The van der Waals surface area contributed by atoms with E-state index in [9.17, 15) is 0 Å². The van der Waals surface area contributed by atoms with Crippen molar-refractivity contribution < 1.29 is 0 Å². The first-order valence-electron chi connectivity index (χ1n) is 21.6. The average Bonchev–Trinajstić information content (AvgIpc) is 3.97. The zero-order valence-electron chi connectivity index (χ0n) is 32.9. The number of hydrogen-bond acceptors (Lipinski definition) is 5. The van der Waals surface area contributed by atoms with Crippen LogP contribution in [0.1, 0.15) is 43.2 Å². The van der Waals surface area contributed by atoms with Gasteiger partial charge in [0.1, 0.15) is 0 Å². The number of thiophene rings is 2. The Hall–Kier alpha value is -6.01. The van der Waals surface area contributed by atoms with Crippen LogP contribution in [0, 0.1) is 23.7 Å². The molecular weight excluding hydrogens is 767 g/mol. The topological polar surface area (TPSA) is 38.7 Å². The number of rotatable bonds is 4. The van der Waals surface area contributed by atoms with Crippen LogP contribution in [0.5, 0.6) is 0 Å². The van der Waals surface area contributed by atoms with Crippen LogP contribution in [-0.2, 0) is 5.41 Å². The minimum absolute atomic E-state index is 0.0527. The zero-order valence-corrected chi connectivity index (χ0v) is 34.6. The van der Waals surface area contributed by atoms with E-state index in [0.29, 0.717) is 17.7 Å². The molecule has 0 unspecified atom stereocenters. The molecule has 0 saturated heterocycles. The summed E-state index contributed by atoms with van der Waals surface area (Å²) < 4.78 is 5.27. The number of fused-ring (bicyclic) bond motifs is 9. The van der Waals surface area contributed by atoms with Crippen LogP contribution in [-0.4, -0.2) is 15.0 Å². The van der Waals surface area contributed by atoms with Crippen molar-refractivity contribution in [1.29, 1.82) is 0 Å². The van der Waals surface area contributed by atoms with E-state index in [2.05, 4.69) is 152 Å². The summed E-state index contributed by atoms with van der Waals surface area (Å²) in [6.45, 7) is 0. The lowest BCUT2D eigenvalue weighted by molar-refractivity contribution is -0.0397. The molecule has 10 aromatic rings. The second-order valence-electron chi connectivity index (χ2n) is 17.9. The molecule has 0 aliphatic heterocycles. The summed E-state index contributed by atoms with van der Waals surface area (Å²) in [6.07, 6.45) is 6.72. The van der Waals surface area contributed by atoms with Gasteiger partial charge in [0.05, 0.1) is 0 Å². The molecule has 3 nitrogen and oxygen atoms in total. The van der Waals surface area contributed by atoms with E-state index in [1.807, 2.05) is 22.7 Å². The first-order valence-corrected chi connectivity index (χ1v) is 23.2. The molecule has 15 rings (SSSR count). The summed E-state index contributed by atoms with van der Waals surface area (Å²) in [6, 6.07) is 56.1. The van der Waals surface area contributed by atoms with E-state index in [1.165, 1.54) is 100 Å². The highest BCUT2D eigenvalue weighted by Crippen LogP contribution is 2.71. The van der Waals surface area contributed by atoms with E-state index in [1.54, 1.807) is 5.56 Å². The van der Waals surface area contributed by atoms with Crippen molar-refractivity contribution in [2.75, 3.05) is 0 Å². The number of benzene rings is 7. The SMILES string of the molecule is c1ccc(-c2nc(-c3cccc4c3-c3cccc(-c5cccc6c5sc5ccccc56)c3C43C4CC5CC(C4)CC3C5)nc(-c3cccc4sc5ccccc5c34)n2)cc1. The van der Waals surface area contributed by atoms with Gasteiger partial charge in [-0.05, 0) is 107 Å². The van der Waals surface area contributed by atoms with Crippen molar-refractivity contribution in [1.82, 2.24) is 15.0 Å². The molecule has 7 aromatic carbocycles. The van der Waals surface area contributed by atoms with Crippen LogP contribution >= 0.6 is 22.7 Å². The third kappa shape index (κ3) is 4.57. The van der Waals surface area contributed by atoms with Crippen molar-refractivity contribution >= 4 is 63.0 Å². The molecule has 3 aromatic heterocycles. The summed E-state index contributed by atoms with van der Waals surface area (Å²) in [7, 11) is 0. The Kier molecular flexibility index (Phi) is 7.04. The van der Waals surface area contributed by atoms with Gasteiger partial charge in [-0.1, -0.05) is 133 Å². The van der Waals surface area contributed by atoms with E-state index in [-0.39, 0.29) is 5.41 Å². The zero-order chi connectivity index (χ0) is 39.1. The quantitative estimate of drug-likeness (QED) is 0.178. The molecule has 0 N–H and O–H groups in total. The van der Waals surface area contributed by atoms with Crippen LogP contribution in [0.2, 0.25) is 0 Å². The lowest BCUT2D eigenvalue weighted by atomic mass is 9.42. The van der Waals surface area contributed by atoms with Gasteiger partial charge in [0.2, 0.25) is 0 Å². The Morgan fingerprint density at radius 1 is 0.417 bits per heavy atom. The Balaban J connectivity index is 1.06. The average molecular weight is 806 g/mol. The minimum Gasteiger partial charge on any atom is -0.208 e. The van der Waals surface area contributed by atoms with E-state index >= 15 is 0 Å². The lowest BCUT2D eigenvalue weighted by Crippen LogP contribution is -2.55. The third-order valence-corrected chi connectivity index (χ3v) is 17.3. The number of hydrogen-bond donors (Lipinski definition) is 0. The van der Waals surface area contributed by atoms with Gasteiger partial charge in [-0.15, -0.1) is 22.7 Å². The molecule has 4 bridgehead atoms. The molecule has 1 spiro atoms. The minimum atomic E-state index is -0.0527. The third-order valence-electron chi connectivity index (χ3n) is 14.9. The fourth-order valence-electron chi connectivity index (χ4n) is 13.0. The first kappa shape index (κ1) is 33.8. The first-order chi connectivity index (χ1) is 29.7. The molecule has 0 atom stereocenters. The van der Waals surface area contributed by atoms with Gasteiger partial charge in [-0.3, -0.25) is 0 Å². The molecule has 5 heteroatoms. The molecule has 4 saturated carbocycles. The Morgan fingerprint density at radius 2 is 0.983 bits per heavy atom. The molecular formula is C55H39N3S2. The smallest absolute Gasteiger partial charge is 0.164 e. The van der Waals surface area contributed by atoms with Crippen LogP contribution < -0.4 is 0 Å². The number of nitrogens with zero attached hydrogens (tertiary/aromatic N) is 3. The standard InChI is InChI=1S/C55H39N3S2/c1-2-12-33(13-3-1)52-56-53(58-54(57-52)43-21-11-25-47-49(43)40-15-5-7-24-46(40)59-47)42-20-10-22-44-48(42)41-19-8-16-37(39-18-9-17-38-36-14-4-6-23-45(36)60-51(38)39)50(41)55(44)34-27-31-26-32(29-34)30-35(55)28-31/h1-25,31-32,34-35H,26-30H2. The maximum Gasteiger partial charge on any atom is 0.164 e. The van der Waals surface area contributed by atoms with Gasteiger partial charge in [0.15, 0.2) is 17.5 Å². The number of aromatic nitrogens is 3. The summed E-state index contributed by atoms with van der Waals surface area (Å²) in [4.78, 5) is 16.3. The van der Waals surface area contributed by atoms with Crippen LogP contribution in [0.15, 0.2) is 152 Å². The highest BCUT2D eigenvalue weighted by atomic mass is 32.1. The second-order valence-corrected chi connectivity index (χ2v) is 20.0. The summed E-state index contributed by atoms with van der Waals surface area (Å²) >= 11 is 3.79. The molecule has 286 valence electrons. The molecule has 4 fully saturated rings. The van der Waals surface area contributed by atoms with Crippen molar-refractivity contribution in [3.05, 3.63) is 163 Å². The van der Waals surface area contributed by atoms with Gasteiger partial charge < -0.3 is 0 Å². The molecule has 60 heavy (non-hydrogen) atoms. The maximum absolute atomic E-state index is 5.54. The summed E-state index contributed by atoms with van der Waals surface area (Å²) in [5, 5.41) is 5.18. The Bertz CT molecular complexity index is 3380. The van der Waals surface area contributed by atoms with Gasteiger partial charge in [0.25, 0.3) is 0 Å². The van der Waals surface area contributed by atoms with Crippen LogP contribution in [0.3, 0.4) is 0 Å². The van der Waals surface area contributed by atoms with Gasteiger partial charge in [-0.25, -0.2) is 15.0 Å². The second kappa shape index (κ2) is 12.5. The maximum atomic E-state index is 5.54. The lowest BCUT2D eigenvalue weighted by Gasteiger charge is -2.61. The van der Waals surface area contributed by atoms with E-state index in [0.717, 1.165) is 40.2 Å². The highest BCUT2D eigenvalue weighted by Gasteiger charge is 2.62. The van der Waals surface area contributed by atoms with Crippen LogP contribution in [0.25, 0.3) is 96.8 Å². The molecule has 0 radical (unpaired) electrons. The van der Waals surface area contributed by atoms with Gasteiger partial charge >= 0.3 is 0 Å². The predicted octanol–water partition coefficient (Wildman–Crippen LogP) is 15.0. The van der Waals surface area contributed by atoms with Crippen molar-refractivity contribution in [2.24, 2.45) is 23.7 Å². The van der Waals surface area contributed by atoms with Gasteiger partial charge in [0, 0.05) is 62.4 Å². The Morgan fingerprint density at radius 3 is 1.80 bits per heavy atom. The predicted molar refractivity (Wildman–Crippen MR) is 251 cm³/mol. The summed E-state index contributed by atoms with van der Waals surface area (Å²) in [5.41, 5.74) is 11.7. The van der Waals surface area contributed by atoms with Crippen molar-refractivity contribution in [3.8, 4) is 56.4 Å². The molecule has 5 aliphatic rings. The fraction of sp³-hybridized carbons (Fsp3) is 0.182. The normalized spacial score (nSPS) is 22.4. The largest absolute Gasteiger partial charge is 0.208 e. The highest BCUT2D eigenvalue weighted by molar-refractivity contribution is 7.26. The molecule has 3 heterocycles. The summed E-state index contributed by atoms with van der Waals surface area (Å²) in [5.74, 6) is 5.10. The Labute approximate surface area is 356 Å². The van der Waals surface area contributed by atoms with Gasteiger partial charge in [-0.2, -0.15) is 0 Å². The van der Waals surface area contributed by atoms with Crippen molar-refractivity contribution in [2.45, 2.75) is 37.5 Å². The van der Waals surface area contributed by atoms with Crippen molar-refractivity contribution in [3.63, 3.8) is 0 Å². The van der Waals surface area contributed by atoms with Crippen LogP contribution in [0.4, 0.5) is 0 Å². The fourth-order valence-corrected chi connectivity index (χ4v) is 15.3. The molecule has 0 amide bonds.